The second-order valence-electron chi connectivity index (χ2n) is 5.17. The third-order valence-corrected chi connectivity index (χ3v) is 4.49. The van der Waals surface area contributed by atoms with Gasteiger partial charge in [-0.05, 0) is 43.7 Å². The van der Waals surface area contributed by atoms with Gasteiger partial charge in [0.05, 0.1) is 10.2 Å². The van der Waals surface area contributed by atoms with Gasteiger partial charge < -0.3 is 4.74 Å². The minimum atomic E-state index is -0.391. The summed E-state index contributed by atoms with van der Waals surface area (Å²) in [4.78, 5) is 20.6. The summed E-state index contributed by atoms with van der Waals surface area (Å²) in [5.74, 6) is -0.391. The maximum atomic E-state index is 11.9. The summed E-state index contributed by atoms with van der Waals surface area (Å²) in [5, 5.41) is 0.796. The van der Waals surface area contributed by atoms with Crippen molar-refractivity contribution in [2.24, 2.45) is 0 Å². The van der Waals surface area contributed by atoms with Crippen molar-refractivity contribution in [3.05, 3.63) is 64.9 Å². The molecule has 0 aliphatic heterocycles. The van der Waals surface area contributed by atoms with Crippen molar-refractivity contribution in [2.75, 3.05) is 0 Å². The van der Waals surface area contributed by atoms with Gasteiger partial charge in [-0.3, -0.25) is 4.98 Å². The number of fused-ring (bicyclic) bond motifs is 1. The smallest absolute Gasteiger partial charge is 0.331 e. The maximum Gasteiger partial charge on any atom is 0.331 e. The van der Waals surface area contributed by atoms with Crippen molar-refractivity contribution in [1.29, 1.82) is 0 Å². The molecule has 5 heteroatoms. The number of pyridine rings is 1. The summed E-state index contributed by atoms with van der Waals surface area (Å²) < 4.78 is 6.50. The summed E-state index contributed by atoms with van der Waals surface area (Å²) in [7, 11) is 0. The van der Waals surface area contributed by atoms with Gasteiger partial charge in [-0.2, -0.15) is 0 Å². The van der Waals surface area contributed by atoms with Crippen molar-refractivity contribution < 1.29 is 9.53 Å². The quantitative estimate of drug-likeness (QED) is 0.530. The molecular formula is C18H16N2O2S. The predicted molar refractivity (Wildman–Crippen MR) is 92.1 cm³/mol. The fourth-order valence-electron chi connectivity index (χ4n) is 2.07. The van der Waals surface area contributed by atoms with Gasteiger partial charge in [0.25, 0.3) is 0 Å². The number of aromatic nitrogens is 2. The summed E-state index contributed by atoms with van der Waals surface area (Å²) in [6, 6.07) is 11.7. The Morgan fingerprint density at radius 3 is 2.83 bits per heavy atom. The molecule has 4 nitrogen and oxygen atoms in total. The first kappa shape index (κ1) is 15.4. The number of nitrogens with zero attached hydrogens (tertiary/aromatic N) is 2. The zero-order valence-corrected chi connectivity index (χ0v) is 13.7. The number of aryl methyl sites for hydroxylation is 1. The average Bonchev–Trinajstić information content (AvgIpc) is 2.98. The minimum absolute atomic E-state index is 0.374. The van der Waals surface area contributed by atoms with Crippen LogP contribution in [0.1, 0.15) is 29.3 Å². The number of hydrogen-bond donors (Lipinski definition) is 0. The first-order valence-corrected chi connectivity index (χ1v) is 8.10. The van der Waals surface area contributed by atoms with Gasteiger partial charge in [-0.25, -0.2) is 9.78 Å². The largest absolute Gasteiger partial charge is 0.452 e. The van der Waals surface area contributed by atoms with Crippen LogP contribution in [0.25, 0.3) is 16.3 Å². The molecule has 0 fully saturated rings. The summed E-state index contributed by atoms with van der Waals surface area (Å²) in [6.07, 6.45) is 4.45. The van der Waals surface area contributed by atoms with Crippen molar-refractivity contribution in [3.63, 3.8) is 0 Å². The number of para-hydroxylation sites is 1. The number of rotatable bonds is 4. The Kier molecular flexibility index (Phi) is 4.48. The summed E-state index contributed by atoms with van der Waals surface area (Å²) in [6.45, 7) is 3.75. The number of thiazole rings is 1. The maximum absolute atomic E-state index is 11.9. The molecule has 0 saturated heterocycles. The van der Waals surface area contributed by atoms with Gasteiger partial charge in [0.15, 0.2) is 6.10 Å². The molecule has 23 heavy (non-hydrogen) atoms. The molecule has 0 bridgehead atoms. The normalized spacial score (nSPS) is 12.6. The van der Waals surface area contributed by atoms with Crippen LogP contribution in [0.5, 0.6) is 0 Å². The third-order valence-electron chi connectivity index (χ3n) is 3.30. The van der Waals surface area contributed by atoms with E-state index in [-0.39, 0.29) is 6.10 Å². The van der Waals surface area contributed by atoms with Gasteiger partial charge in [0.2, 0.25) is 0 Å². The highest BCUT2D eigenvalue weighted by molar-refractivity contribution is 7.18. The fourth-order valence-corrected chi connectivity index (χ4v) is 3.02. The first-order chi connectivity index (χ1) is 11.1. The zero-order valence-electron chi connectivity index (χ0n) is 12.9. The van der Waals surface area contributed by atoms with Crippen LogP contribution in [0.15, 0.2) is 48.7 Å². The van der Waals surface area contributed by atoms with E-state index in [2.05, 4.69) is 9.97 Å². The number of benzene rings is 1. The second kappa shape index (κ2) is 6.71. The standard InChI is InChI=1S/C18H16N2O2S/c1-12-7-8-14(11-19-12)9-10-17(21)22-13(2)18-20-15-5-3-4-6-16(15)23-18/h3-11,13H,1-2H3. The van der Waals surface area contributed by atoms with E-state index in [0.717, 1.165) is 26.5 Å². The van der Waals surface area contributed by atoms with Gasteiger partial charge in [0.1, 0.15) is 5.01 Å². The molecule has 0 spiro atoms. The Balaban J connectivity index is 1.65. The number of ether oxygens (including phenoxy) is 1. The van der Waals surface area contributed by atoms with Crippen LogP contribution in [0, 0.1) is 6.92 Å². The van der Waals surface area contributed by atoms with Crippen LogP contribution in [0.2, 0.25) is 0 Å². The van der Waals surface area contributed by atoms with E-state index >= 15 is 0 Å². The molecule has 0 aliphatic carbocycles. The SMILES string of the molecule is Cc1ccc(C=CC(=O)OC(C)c2nc3ccccc3s2)cn1. The van der Waals surface area contributed by atoms with Gasteiger partial charge in [-0.1, -0.05) is 18.2 Å². The molecule has 0 N–H and O–H groups in total. The van der Waals surface area contributed by atoms with Gasteiger partial charge >= 0.3 is 5.97 Å². The molecule has 0 amide bonds. The highest BCUT2D eigenvalue weighted by atomic mass is 32.1. The molecule has 3 rings (SSSR count). The number of carbonyl (C=O) groups is 1. The second-order valence-corrected chi connectivity index (χ2v) is 6.23. The molecule has 2 heterocycles. The molecule has 3 aromatic rings. The Labute approximate surface area is 138 Å². The van der Waals surface area contributed by atoms with Crippen LogP contribution in [0.3, 0.4) is 0 Å². The van der Waals surface area contributed by atoms with E-state index in [1.165, 1.54) is 6.08 Å². The average molecular weight is 324 g/mol. The van der Waals surface area contributed by atoms with E-state index < -0.39 is 5.97 Å². The molecule has 2 aromatic heterocycles. The van der Waals surface area contributed by atoms with Crippen LogP contribution in [0.4, 0.5) is 0 Å². The highest BCUT2D eigenvalue weighted by Gasteiger charge is 2.14. The van der Waals surface area contributed by atoms with Gasteiger partial charge in [0, 0.05) is 18.0 Å². The molecule has 1 unspecified atom stereocenters. The lowest BCUT2D eigenvalue weighted by atomic mass is 10.2. The van der Waals surface area contributed by atoms with Crippen LogP contribution in [-0.2, 0) is 9.53 Å². The van der Waals surface area contributed by atoms with Crippen molar-refractivity contribution in [3.8, 4) is 0 Å². The van der Waals surface area contributed by atoms with Gasteiger partial charge in [-0.15, -0.1) is 11.3 Å². The fraction of sp³-hybridized carbons (Fsp3) is 0.167. The molecule has 116 valence electrons. The lowest BCUT2D eigenvalue weighted by molar-refractivity contribution is -0.142. The van der Waals surface area contributed by atoms with Crippen molar-refractivity contribution in [2.45, 2.75) is 20.0 Å². The molecule has 0 aliphatic rings. The Hall–Kier alpha value is -2.53. The first-order valence-electron chi connectivity index (χ1n) is 7.28. The van der Waals surface area contributed by atoms with Crippen LogP contribution in [-0.4, -0.2) is 15.9 Å². The summed E-state index contributed by atoms with van der Waals surface area (Å²) in [5.41, 5.74) is 2.73. The molecule has 1 atom stereocenters. The minimum Gasteiger partial charge on any atom is -0.452 e. The van der Waals surface area contributed by atoms with E-state index in [4.69, 9.17) is 4.74 Å². The number of esters is 1. The predicted octanol–water partition coefficient (Wildman–Crippen LogP) is 4.32. The molecular weight excluding hydrogens is 308 g/mol. The Morgan fingerprint density at radius 1 is 1.26 bits per heavy atom. The topological polar surface area (TPSA) is 52.1 Å². The zero-order chi connectivity index (χ0) is 16.2. The van der Waals surface area contributed by atoms with E-state index in [0.29, 0.717) is 0 Å². The van der Waals surface area contributed by atoms with Crippen molar-refractivity contribution >= 4 is 33.6 Å². The third kappa shape index (κ3) is 3.81. The highest BCUT2D eigenvalue weighted by Crippen LogP contribution is 2.28. The van der Waals surface area contributed by atoms with E-state index in [1.807, 2.05) is 50.2 Å². The van der Waals surface area contributed by atoms with E-state index in [9.17, 15) is 4.79 Å². The lowest BCUT2D eigenvalue weighted by Crippen LogP contribution is -2.05. The Morgan fingerprint density at radius 2 is 2.09 bits per heavy atom. The van der Waals surface area contributed by atoms with E-state index in [1.54, 1.807) is 23.6 Å². The van der Waals surface area contributed by atoms with Crippen molar-refractivity contribution in [1.82, 2.24) is 9.97 Å². The Bertz CT molecular complexity index is 820. The molecule has 0 saturated carbocycles. The van der Waals surface area contributed by atoms with Crippen LogP contribution >= 0.6 is 11.3 Å². The lowest BCUT2D eigenvalue weighted by Gasteiger charge is -2.08. The molecule has 0 radical (unpaired) electrons. The van der Waals surface area contributed by atoms with Crippen LogP contribution < -0.4 is 0 Å². The summed E-state index contributed by atoms with van der Waals surface area (Å²) >= 11 is 1.54. The number of carbonyl (C=O) groups excluding carboxylic acids is 1. The number of hydrogen-bond acceptors (Lipinski definition) is 5. The monoisotopic (exact) mass is 324 g/mol. The molecule has 1 aromatic carbocycles.